The number of nitrogens with zero attached hydrogens (tertiary/aromatic N) is 1. The summed E-state index contributed by atoms with van der Waals surface area (Å²) in [7, 11) is 4.12. The quantitative estimate of drug-likeness (QED) is 0.838. The number of benzene rings is 1. The second-order valence-corrected chi connectivity index (χ2v) is 6.18. The molecule has 116 valence electrons. The largest absolute Gasteiger partial charge is 0.352 e. The Morgan fingerprint density at radius 1 is 1.24 bits per heavy atom. The normalized spacial score (nSPS) is 16.1. The lowest BCUT2D eigenvalue weighted by atomic mass is 9.94. The average molecular weight is 289 g/mol. The maximum atomic E-state index is 12.1. The number of amides is 1. The van der Waals surface area contributed by atoms with Crippen molar-refractivity contribution in [2.24, 2.45) is 5.92 Å². The van der Waals surface area contributed by atoms with Gasteiger partial charge in [-0.1, -0.05) is 24.3 Å². The molecule has 1 saturated heterocycles. The van der Waals surface area contributed by atoms with Gasteiger partial charge < -0.3 is 15.5 Å². The van der Waals surface area contributed by atoms with E-state index in [4.69, 9.17) is 0 Å². The van der Waals surface area contributed by atoms with Crippen molar-refractivity contribution in [1.29, 1.82) is 0 Å². The molecule has 2 N–H and O–H groups in total. The minimum atomic E-state index is 0.182. The monoisotopic (exact) mass is 289 g/mol. The van der Waals surface area contributed by atoms with Crippen molar-refractivity contribution in [2.75, 3.05) is 27.2 Å². The molecule has 1 aliphatic heterocycles. The third kappa shape index (κ3) is 5.48. The highest BCUT2D eigenvalue weighted by atomic mass is 16.1. The first-order valence-corrected chi connectivity index (χ1v) is 7.84. The Kier molecular flexibility index (Phi) is 6.21. The van der Waals surface area contributed by atoms with E-state index < -0.39 is 0 Å². The highest BCUT2D eigenvalue weighted by Crippen LogP contribution is 2.16. The molecule has 1 aromatic carbocycles. The van der Waals surface area contributed by atoms with E-state index in [2.05, 4.69) is 47.8 Å². The molecule has 1 heterocycles. The van der Waals surface area contributed by atoms with Gasteiger partial charge in [-0.3, -0.25) is 4.79 Å². The van der Waals surface area contributed by atoms with Crippen LogP contribution in [-0.4, -0.2) is 38.0 Å². The van der Waals surface area contributed by atoms with Crippen LogP contribution in [0.5, 0.6) is 0 Å². The highest BCUT2D eigenvalue weighted by molar-refractivity contribution is 5.76. The predicted molar refractivity (Wildman–Crippen MR) is 85.9 cm³/mol. The standard InChI is InChI=1S/C17H27N3O/c1-20(2)13-16-6-4-3-5-15(16)12-19-17(21)11-14-7-9-18-10-8-14/h3-6,14,18H,7-13H2,1-2H3,(H,19,21). The van der Waals surface area contributed by atoms with Gasteiger partial charge in [0.1, 0.15) is 0 Å². The van der Waals surface area contributed by atoms with Crippen LogP contribution in [0.25, 0.3) is 0 Å². The van der Waals surface area contributed by atoms with E-state index in [0.717, 1.165) is 32.5 Å². The smallest absolute Gasteiger partial charge is 0.220 e. The number of carbonyl (C=O) groups is 1. The fraction of sp³-hybridized carbons (Fsp3) is 0.588. The van der Waals surface area contributed by atoms with Crippen molar-refractivity contribution in [3.8, 4) is 0 Å². The lowest BCUT2D eigenvalue weighted by molar-refractivity contribution is -0.122. The van der Waals surface area contributed by atoms with Gasteiger partial charge in [-0.2, -0.15) is 0 Å². The summed E-state index contributed by atoms with van der Waals surface area (Å²) in [6.45, 7) is 3.63. The van der Waals surface area contributed by atoms with Gasteiger partial charge in [0.2, 0.25) is 5.91 Å². The van der Waals surface area contributed by atoms with Crippen molar-refractivity contribution < 1.29 is 4.79 Å². The molecule has 0 bridgehead atoms. The summed E-state index contributed by atoms with van der Waals surface area (Å²) < 4.78 is 0. The van der Waals surface area contributed by atoms with Gasteiger partial charge in [-0.25, -0.2) is 0 Å². The first-order chi connectivity index (χ1) is 10.1. The van der Waals surface area contributed by atoms with Crippen LogP contribution in [0, 0.1) is 5.92 Å². The van der Waals surface area contributed by atoms with E-state index in [-0.39, 0.29) is 5.91 Å². The molecule has 4 heteroatoms. The van der Waals surface area contributed by atoms with E-state index in [1.54, 1.807) is 0 Å². The molecule has 0 radical (unpaired) electrons. The van der Waals surface area contributed by atoms with Crippen LogP contribution in [0.15, 0.2) is 24.3 Å². The third-order valence-electron chi connectivity index (χ3n) is 4.01. The van der Waals surface area contributed by atoms with E-state index in [9.17, 15) is 4.79 Å². The van der Waals surface area contributed by atoms with Crippen molar-refractivity contribution in [3.05, 3.63) is 35.4 Å². The van der Waals surface area contributed by atoms with Crippen LogP contribution in [0.4, 0.5) is 0 Å². The van der Waals surface area contributed by atoms with Crippen LogP contribution >= 0.6 is 0 Å². The molecule has 0 atom stereocenters. The summed E-state index contributed by atoms with van der Waals surface area (Å²) in [6.07, 6.45) is 2.90. The maximum Gasteiger partial charge on any atom is 0.220 e. The van der Waals surface area contributed by atoms with Crippen LogP contribution in [0.1, 0.15) is 30.4 Å². The van der Waals surface area contributed by atoms with E-state index >= 15 is 0 Å². The van der Waals surface area contributed by atoms with Gasteiger partial charge in [0.25, 0.3) is 0 Å². The van der Waals surface area contributed by atoms with Crippen LogP contribution < -0.4 is 10.6 Å². The van der Waals surface area contributed by atoms with Crippen LogP contribution in [0.3, 0.4) is 0 Å². The first kappa shape index (κ1) is 16.0. The summed E-state index contributed by atoms with van der Waals surface area (Å²) in [5.74, 6) is 0.727. The number of piperidine rings is 1. The fourth-order valence-electron chi connectivity index (χ4n) is 2.84. The summed E-state index contributed by atoms with van der Waals surface area (Å²) in [4.78, 5) is 14.2. The second-order valence-electron chi connectivity index (χ2n) is 6.18. The molecular weight excluding hydrogens is 262 g/mol. The minimum Gasteiger partial charge on any atom is -0.352 e. The zero-order valence-electron chi connectivity index (χ0n) is 13.2. The average Bonchev–Trinajstić information content (AvgIpc) is 2.47. The van der Waals surface area contributed by atoms with E-state index in [0.29, 0.717) is 18.9 Å². The SMILES string of the molecule is CN(C)Cc1ccccc1CNC(=O)CC1CCNCC1. The molecule has 4 nitrogen and oxygen atoms in total. The summed E-state index contributed by atoms with van der Waals surface area (Å²) >= 11 is 0. The first-order valence-electron chi connectivity index (χ1n) is 7.84. The van der Waals surface area contributed by atoms with Crippen molar-refractivity contribution in [2.45, 2.75) is 32.4 Å². The molecule has 0 saturated carbocycles. The Hall–Kier alpha value is -1.39. The van der Waals surface area contributed by atoms with Gasteiger partial charge in [-0.15, -0.1) is 0 Å². The Bertz CT molecular complexity index is 453. The molecule has 1 amide bonds. The van der Waals surface area contributed by atoms with E-state index in [1.165, 1.54) is 11.1 Å². The molecule has 1 fully saturated rings. The fourth-order valence-corrected chi connectivity index (χ4v) is 2.84. The zero-order valence-corrected chi connectivity index (χ0v) is 13.2. The molecular formula is C17H27N3O. The van der Waals surface area contributed by atoms with E-state index in [1.807, 2.05) is 6.07 Å². The zero-order chi connectivity index (χ0) is 15.1. The molecule has 1 aliphatic rings. The summed E-state index contributed by atoms with van der Waals surface area (Å²) in [6, 6.07) is 8.32. The summed E-state index contributed by atoms with van der Waals surface area (Å²) in [5.41, 5.74) is 2.49. The molecule has 2 rings (SSSR count). The number of carbonyl (C=O) groups excluding carboxylic acids is 1. The number of rotatable bonds is 6. The predicted octanol–water partition coefficient (Wildman–Crippen LogP) is 1.75. The molecule has 21 heavy (non-hydrogen) atoms. The van der Waals surface area contributed by atoms with Crippen molar-refractivity contribution in [1.82, 2.24) is 15.5 Å². The summed E-state index contributed by atoms with van der Waals surface area (Å²) in [5, 5.41) is 6.42. The number of hydrogen-bond donors (Lipinski definition) is 2. The minimum absolute atomic E-state index is 0.182. The molecule has 1 aromatic rings. The van der Waals surface area contributed by atoms with Gasteiger partial charge >= 0.3 is 0 Å². The van der Waals surface area contributed by atoms with Crippen LogP contribution in [-0.2, 0) is 17.9 Å². The number of nitrogens with one attached hydrogen (secondary N) is 2. The molecule has 0 aromatic heterocycles. The third-order valence-corrected chi connectivity index (χ3v) is 4.01. The van der Waals surface area contributed by atoms with Crippen LogP contribution in [0.2, 0.25) is 0 Å². The molecule has 0 unspecified atom stereocenters. The highest BCUT2D eigenvalue weighted by Gasteiger charge is 2.16. The van der Waals surface area contributed by atoms with Gasteiger partial charge in [-0.05, 0) is 57.1 Å². The number of hydrogen-bond acceptors (Lipinski definition) is 3. The second kappa shape index (κ2) is 8.15. The molecule has 0 aliphatic carbocycles. The Morgan fingerprint density at radius 3 is 2.57 bits per heavy atom. The van der Waals surface area contributed by atoms with Gasteiger partial charge in [0, 0.05) is 19.5 Å². The van der Waals surface area contributed by atoms with Gasteiger partial charge in [0.15, 0.2) is 0 Å². The topological polar surface area (TPSA) is 44.4 Å². The lowest BCUT2D eigenvalue weighted by Gasteiger charge is -2.22. The Labute approximate surface area is 127 Å². The van der Waals surface area contributed by atoms with Crippen molar-refractivity contribution >= 4 is 5.91 Å². The van der Waals surface area contributed by atoms with Gasteiger partial charge in [0.05, 0.1) is 0 Å². The Morgan fingerprint density at radius 2 is 1.90 bits per heavy atom. The van der Waals surface area contributed by atoms with Crippen molar-refractivity contribution in [3.63, 3.8) is 0 Å². The maximum absolute atomic E-state index is 12.1. The molecule has 0 spiro atoms. The Balaban J connectivity index is 1.83. The lowest BCUT2D eigenvalue weighted by Crippen LogP contribution is -2.32.